The van der Waals surface area contributed by atoms with Crippen molar-refractivity contribution in [1.82, 2.24) is 9.88 Å². The highest BCUT2D eigenvalue weighted by atomic mass is 16.4. The molecule has 0 spiro atoms. The number of benzene rings is 2. The van der Waals surface area contributed by atoms with E-state index >= 15 is 0 Å². The maximum absolute atomic E-state index is 12.0. The van der Waals surface area contributed by atoms with E-state index < -0.39 is 5.97 Å². The summed E-state index contributed by atoms with van der Waals surface area (Å²) in [5.41, 5.74) is 5.62. The van der Waals surface area contributed by atoms with Crippen LogP contribution < -0.4 is 0 Å². The van der Waals surface area contributed by atoms with Gasteiger partial charge in [0.2, 0.25) is 0 Å². The summed E-state index contributed by atoms with van der Waals surface area (Å²) in [4.78, 5) is 19.1. The predicted octanol–water partition coefficient (Wildman–Crippen LogP) is 5.20. The zero-order chi connectivity index (χ0) is 22.5. The average Bonchev–Trinajstić information content (AvgIpc) is 2.80. The van der Waals surface area contributed by atoms with Crippen molar-refractivity contribution < 1.29 is 15.0 Å². The van der Waals surface area contributed by atoms with Gasteiger partial charge in [0.25, 0.3) is 0 Å². The highest BCUT2D eigenvalue weighted by molar-refractivity contribution is 6.06. The first-order valence-electron chi connectivity index (χ1n) is 11.2. The van der Waals surface area contributed by atoms with Crippen LogP contribution >= 0.6 is 0 Å². The second-order valence-corrected chi connectivity index (χ2v) is 7.65. The molecule has 2 aromatic carbocycles. The Balaban J connectivity index is 0.00000132. The first-order chi connectivity index (χ1) is 15.0. The molecule has 0 fully saturated rings. The van der Waals surface area contributed by atoms with Gasteiger partial charge in [0, 0.05) is 24.9 Å². The lowest BCUT2D eigenvalue weighted by atomic mass is 9.93. The van der Waals surface area contributed by atoms with Gasteiger partial charge in [0.1, 0.15) is 5.56 Å². The number of rotatable bonds is 5. The topological polar surface area (TPSA) is 73.7 Å². The van der Waals surface area contributed by atoms with Crippen LogP contribution in [0.5, 0.6) is 5.75 Å². The molecule has 0 atom stereocenters. The molecular formula is C26H32N2O3. The summed E-state index contributed by atoms with van der Waals surface area (Å²) in [6.07, 6.45) is 2.29. The summed E-state index contributed by atoms with van der Waals surface area (Å²) in [5, 5.41) is 21.1. The van der Waals surface area contributed by atoms with Gasteiger partial charge in [-0.1, -0.05) is 64.1 Å². The van der Waals surface area contributed by atoms with E-state index in [0.29, 0.717) is 23.0 Å². The molecule has 1 aromatic heterocycles. The minimum Gasteiger partial charge on any atom is -0.505 e. The van der Waals surface area contributed by atoms with E-state index in [0.717, 1.165) is 43.6 Å². The fourth-order valence-corrected chi connectivity index (χ4v) is 4.15. The van der Waals surface area contributed by atoms with Gasteiger partial charge < -0.3 is 10.2 Å². The lowest BCUT2D eigenvalue weighted by Crippen LogP contribution is -2.30. The number of hydrogen-bond acceptors (Lipinski definition) is 4. The van der Waals surface area contributed by atoms with Crippen LogP contribution in [-0.2, 0) is 25.8 Å². The van der Waals surface area contributed by atoms with Crippen LogP contribution in [0.4, 0.5) is 0 Å². The highest BCUT2D eigenvalue weighted by Gasteiger charge is 2.25. The van der Waals surface area contributed by atoms with E-state index in [9.17, 15) is 15.0 Å². The summed E-state index contributed by atoms with van der Waals surface area (Å²) < 4.78 is 0. The Morgan fingerprint density at radius 1 is 1.06 bits per heavy atom. The molecule has 3 aromatic rings. The Kier molecular flexibility index (Phi) is 7.29. The van der Waals surface area contributed by atoms with Crippen molar-refractivity contribution in [2.24, 2.45) is 0 Å². The van der Waals surface area contributed by atoms with Crippen molar-refractivity contribution in [3.63, 3.8) is 0 Å². The molecule has 4 rings (SSSR count). The van der Waals surface area contributed by atoms with Gasteiger partial charge in [0.15, 0.2) is 5.75 Å². The molecule has 0 aliphatic carbocycles. The molecule has 0 amide bonds. The lowest BCUT2D eigenvalue weighted by molar-refractivity contribution is 0.0695. The Labute approximate surface area is 184 Å². The molecule has 0 unspecified atom stereocenters. The van der Waals surface area contributed by atoms with Crippen molar-refractivity contribution in [3.8, 4) is 5.75 Å². The maximum Gasteiger partial charge on any atom is 0.340 e. The molecule has 0 saturated carbocycles. The molecule has 1 aliphatic heterocycles. The van der Waals surface area contributed by atoms with Crippen molar-refractivity contribution in [3.05, 3.63) is 69.9 Å². The van der Waals surface area contributed by atoms with Gasteiger partial charge in [-0.15, -0.1) is 0 Å². The number of aromatic nitrogens is 1. The number of aromatic hydroxyl groups is 1. The monoisotopic (exact) mass is 420 g/mol. The SMILES string of the molecule is CC.CCc1ccc(Cc2nc3c4c(ccc3c(C(=O)O)c2O)CCN(CC)C4)cc1. The van der Waals surface area contributed by atoms with Crippen molar-refractivity contribution in [2.75, 3.05) is 13.1 Å². The van der Waals surface area contributed by atoms with Crippen LogP contribution in [0, 0.1) is 0 Å². The molecule has 0 radical (unpaired) electrons. The standard InChI is InChI=1S/C24H26N2O3.C2H6/c1-3-15-5-7-16(8-6-15)13-20-23(27)21(24(28)29)18-10-9-17-11-12-26(4-2)14-19(17)22(18)25-20;1-2/h5-10,27H,3-4,11-14H2,1-2H3,(H,28,29);1-2H3. The number of fused-ring (bicyclic) bond motifs is 3. The lowest BCUT2D eigenvalue weighted by Gasteiger charge is -2.28. The van der Waals surface area contributed by atoms with Crippen LogP contribution in [0.1, 0.15) is 66.0 Å². The Bertz CT molecular complexity index is 1070. The number of likely N-dealkylation sites (N-methyl/N-ethyl adjacent to an activating group) is 1. The van der Waals surface area contributed by atoms with Gasteiger partial charge in [0.05, 0.1) is 11.2 Å². The van der Waals surface area contributed by atoms with Crippen LogP contribution in [0.3, 0.4) is 0 Å². The fourth-order valence-electron chi connectivity index (χ4n) is 4.15. The molecular weight excluding hydrogens is 388 g/mol. The van der Waals surface area contributed by atoms with E-state index in [1.165, 1.54) is 11.1 Å². The number of carboxylic acids is 1. The number of carboxylic acid groups (broad SMARTS) is 1. The van der Waals surface area contributed by atoms with E-state index in [1.54, 1.807) is 6.07 Å². The third-order valence-electron chi connectivity index (χ3n) is 5.95. The molecule has 2 N–H and O–H groups in total. The maximum atomic E-state index is 12.0. The summed E-state index contributed by atoms with van der Waals surface area (Å²) in [5.74, 6) is -1.35. The molecule has 5 heteroatoms. The second-order valence-electron chi connectivity index (χ2n) is 7.65. The second kappa shape index (κ2) is 9.92. The summed E-state index contributed by atoms with van der Waals surface area (Å²) in [6, 6.07) is 11.9. The summed E-state index contributed by atoms with van der Waals surface area (Å²) in [7, 11) is 0. The smallest absolute Gasteiger partial charge is 0.340 e. The number of pyridine rings is 1. The highest BCUT2D eigenvalue weighted by Crippen LogP contribution is 2.35. The Morgan fingerprint density at radius 2 is 1.74 bits per heavy atom. The van der Waals surface area contributed by atoms with Crippen LogP contribution in [0.25, 0.3) is 10.9 Å². The normalized spacial score (nSPS) is 13.4. The van der Waals surface area contributed by atoms with Gasteiger partial charge in [-0.2, -0.15) is 0 Å². The third-order valence-corrected chi connectivity index (χ3v) is 5.95. The minimum absolute atomic E-state index is 0.0494. The number of hydrogen-bond donors (Lipinski definition) is 2. The van der Waals surface area contributed by atoms with E-state index in [4.69, 9.17) is 4.98 Å². The van der Waals surface area contributed by atoms with E-state index in [2.05, 4.69) is 30.9 Å². The van der Waals surface area contributed by atoms with Crippen molar-refractivity contribution >= 4 is 16.9 Å². The van der Waals surface area contributed by atoms with Crippen LogP contribution in [0.15, 0.2) is 36.4 Å². The van der Waals surface area contributed by atoms with Crippen molar-refractivity contribution in [2.45, 2.75) is 53.5 Å². The summed E-state index contributed by atoms with van der Waals surface area (Å²) in [6.45, 7) is 10.9. The van der Waals surface area contributed by atoms with Gasteiger partial charge >= 0.3 is 5.97 Å². The number of nitrogens with zero attached hydrogens (tertiary/aromatic N) is 2. The molecule has 164 valence electrons. The van der Waals surface area contributed by atoms with E-state index in [-0.39, 0.29) is 11.3 Å². The first-order valence-corrected chi connectivity index (χ1v) is 11.2. The van der Waals surface area contributed by atoms with Gasteiger partial charge in [-0.3, -0.25) is 4.90 Å². The zero-order valence-corrected chi connectivity index (χ0v) is 18.9. The largest absolute Gasteiger partial charge is 0.505 e. The third kappa shape index (κ3) is 4.57. The number of carbonyl (C=O) groups is 1. The Hall–Kier alpha value is -2.92. The molecule has 2 heterocycles. The molecule has 1 aliphatic rings. The number of aromatic carboxylic acids is 1. The van der Waals surface area contributed by atoms with E-state index in [1.807, 2.05) is 32.0 Å². The number of aryl methyl sites for hydroxylation is 1. The van der Waals surface area contributed by atoms with Crippen LogP contribution in [-0.4, -0.2) is 39.2 Å². The minimum atomic E-state index is -1.12. The summed E-state index contributed by atoms with van der Waals surface area (Å²) >= 11 is 0. The van der Waals surface area contributed by atoms with Gasteiger partial charge in [-0.25, -0.2) is 9.78 Å². The quantitative estimate of drug-likeness (QED) is 0.594. The molecule has 5 nitrogen and oxygen atoms in total. The first kappa shape index (κ1) is 22.8. The van der Waals surface area contributed by atoms with Crippen molar-refractivity contribution in [1.29, 1.82) is 0 Å². The zero-order valence-electron chi connectivity index (χ0n) is 18.9. The van der Waals surface area contributed by atoms with Crippen LogP contribution in [0.2, 0.25) is 0 Å². The molecule has 0 saturated heterocycles. The average molecular weight is 421 g/mol. The Morgan fingerprint density at radius 3 is 2.35 bits per heavy atom. The predicted molar refractivity (Wildman–Crippen MR) is 125 cm³/mol. The molecule has 31 heavy (non-hydrogen) atoms. The van der Waals surface area contributed by atoms with Gasteiger partial charge in [-0.05, 0) is 41.6 Å². The molecule has 0 bridgehead atoms. The fraction of sp³-hybridized carbons (Fsp3) is 0.385.